The lowest BCUT2D eigenvalue weighted by atomic mass is 10.1. The molecule has 1 heterocycles. The van der Waals surface area contributed by atoms with Gasteiger partial charge in [-0.3, -0.25) is 9.59 Å². The molecule has 116 valence electrons. The van der Waals surface area contributed by atoms with Crippen molar-refractivity contribution in [3.8, 4) is 0 Å². The first kappa shape index (κ1) is 16.2. The number of nitrogens with one attached hydrogen (secondary N) is 2. The third-order valence-corrected chi connectivity index (χ3v) is 4.36. The van der Waals surface area contributed by atoms with Gasteiger partial charge in [0.2, 0.25) is 11.8 Å². The number of aryl methyl sites for hydroxylation is 1. The van der Waals surface area contributed by atoms with Crippen molar-refractivity contribution in [3.05, 3.63) is 29.3 Å². The van der Waals surface area contributed by atoms with Crippen LogP contribution in [0.5, 0.6) is 0 Å². The largest absolute Gasteiger partial charge is 0.326 e. The quantitative estimate of drug-likeness (QED) is 0.659. The van der Waals surface area contributed by atoms with Crippen LogP contribution in [0.1, 0.15) is 24.5 Å². The standard InChI is InChI=1S/C15H18N4O2S/c1-4-16-19-15-18-14(21)12(22-15)8-13(20)17-11-7-5-6-9(2)10(11)3/h4-7,12H,8H2,1-3H3,(H,17,20)(H,18,19,21). The first-order chi connectivity index (χ1) is 10.5. The molecular weight excluding hydrogens is 300 g/mol. The maximum Gasteiger partial charge on any atom is 0.240 e. The summed E-state index contributed by atoms with van der Waals surface area (Å²) < 4.78 is 0. The van der Waals surface area contributed by atoms with Gasteiger partial charge in [-0.1, -0.05) is 23.9 Å². The molecule has 0 bridgehead atoms. The van der Waals surface area contributed by atoms with Crippen molar-refractivity contribution in [1.82, 2.24) is 5.32 Å². The molecule has 7 heteroatoms. The van der Waals surface area contributed by atoms with E-state index in [1.54, 1.807) is 6.92 Å². The molecule has 1 aromatic rings. The molecule has 1 aliphatic rings. The van der Waals surface area contributed by atoms with Gasteiger partial charge >= 0.3 is 0 Å². The molecule has 2 amide bonds. The maximum atomic E-state index is 12.1. The van der Waals surface area contributed by atoms with E-state index < -0.39 is 5.25 Å². The Bertz CT molecular complexity index is 655. The summed E-state index contributed by atoms with van der Waals surface area (Å²) in [5.74, 6) is -0.409. The van der Waals surface area contributed by atoms with E-state index in [4.69, 9.17) is 0 Å². The number of benzene rings is 1. The number of hydrogen-bond acceptors (Lipinski definition) is 5. The second kappa shape index (κ2) is 7.22. The van der Waals surface area contributed by atoms with E-state index in [9.17, 15) is 9.59 Å². The zero-order valence-corrected chi connectivity index (χ0v) is 13.5. The molecule has 1 fully saturated rings. The van der Waals surface area contributed by atoms with Crippen LogP contribution >= 0.6 is 11.8 Å². The van der Waals surface area contributed by atoms with Gasteiger partial charge in [0.1, 0.15) is 5.25 Å². The normalized spacial score (nSPS) is 19.7. The Morgan fingerprint density at radius 2 is 2.23 bits per heavy atom. The molecule has 0 aliphatic carbocycles. The Morgan fingerprint density at radius 3 is 2.95 bits per heavy atom. The predicted octanol–water partition coefficient (Wildman–Crippen LogP) is 2.23. The van der Waals surface area contributed by atoms with Crippen molar-refractivity contribution in [2.75, 3.05) is 5.32 Å². The highest BCUT2D eigenvalue weighted by Gasteiger charge is 2.32. The summed E-state index contributed by atoms with van der Waals surface area (Å²) in [7, 11) is 0. The summed E-state index contributed by atoms with van der Waals surface area (Å²) in [4.78, 5) is 23.9. The fourth-order valence-electron chi connectivity index (χ4n) is 1.95. The third-order valence-electron chi connectivity index (χ3n) is 3.29. The second-order valence-electron chi connectivity index (χ2n) is 4.87. The summed E-state index contributed by atoms with van der Waals surface area (Å²) in [6.45, 7) is 5.68. The number of anilines is 1. The predicted molar refractivity (Wildman–Crippen MR) is 90.3 cm³/mol. The van der Waals surface area contributed by atoms with Crippen LogP contribution in [0.4, 0.5) is 5.69 Å². The Morgan fingerprint density at radius 1 is 1.45 bits per heavy atom. The van der Waals surface area contributed by atoms with Crippen molar-refractivity contribution < 1.29 is 9.59 Å². The van der Waals surface area contributed by atoms with Crippen molar-refractivity contribution in [2.24, 2.45) is 10.2 Å². The molecule has 1 saturated heterocycles. The first-order valence-electron chi connectivity index (χ1n) is 6.90. The maximum absolute atomic E-state index is 12.1. The van der Waals surface area contributed by atoms with Crippen LogP contribution in [-0.4, -0.2) is 28.4 Å². The Balaban J connectivity index is 1.98. The highest BCUT2D eigenvalue weighted by atomic mass is 32.2. The van der Waals surface area contributed by atoms with Gasteiger partial charge in [0.15, 0.2) is 5.17 Å². The molecule has 1 aliphatic heterocycles. The fraction of sp³-hybridized carbons (Fsp3) is 0.333. The van der Waals surface area contributed by atoms with Gasteiger partial charge in [-0.2, -0.15) is 5.10 Å². The van der Waals surface area contributed by atoms with Crippen LogP contribution in [0.25, 0.3) is 0 Å². The van der Waals surface area contributed by atoms with E-state index in [1.165, 1.54) is 18.0 Å². The van der Waals surface area contributed by atoms with Crippen molar-refractivity contribution in [1.29, 1.82) is 0 Å². The number of nitrogens with zero attached hydrogens (tertiary/aromatic N) is 2. The van der Waals surface area contributed by atoms with Crippen LogP contribution in [0.2, 0.25) is 0 Å². The number of amidine groups is 1. The van der Waals surface area contributed by atoms with Gasteiger partial charge in [0, 0.05) is 18.3 Å². The topological polar surface area (TPSA) is 82.9 Å². The van der Waals surface area contributed by atoms with E-state index in [0.717, 1.165) is 16.8 Å². The van der Waals surface area contributed by atoms with Gasteiger partial charge in [0.25, 0.3) is 0 Å². The summed E-state index contributed by atoms with van der Waals surface area (Å²) in [6, 6.07) is 5.73. The highest BCUT2D eigenvalue weighted by molar-refractivity contribution is 8.15. The summed E-state index contributed by atoms with van der Waals surface area (Å²) in [6.07, 6.45) is 1.62. The number of carbonyl (C=O) groups excluding carboxylic acids is 2. The van der Waals surface area contributed by atoms with E-state index in [2.05, 4.69) is 20.8 Å². The van der Waals surface area contributed by atoms with Crippen LogP contribution in [-0.2, 0) is 9.59 Å². The Kier molecular flexibility index (Phi) is 5.32. The first-order valence-corrected chi connectivity index (χ1v) is 7.78. The molecule has 0 spiro atoms. The number of hydrogen-bond donors (Lipinski definition) is 2. The van der Waals surface area contributed by atoms with E-state index in [-0.39, 0.29) is 18.2 Å². The minimum atomic E-state index is -0.476. The fourth-order valence-corrected chi connectivity index (χ4v) is 2.88. The van der Waals surface area contributed by atoms with Crippen LogP contribution in [0.15, 0.2) is 28.4 Å². The Hall–Kier alpha value is -2.15. The van der Waals surface area contributed by atoms with E-state index in [0.29, 0.717) is 5.17 Å². The number of thioether (sulfide) groups is 1. The lowest BCUT2D eigenvalue weighted by Crippen LogP contribution is -2.28. The van der Waals surface area contributed by atoms with Gasteiger partial charge in [-0.15, -0.1) is 5.10 Å². The van der Waals surface area contributed by atoms with Crippen LogP contribution in [0, 0.1) is 13.8 Å². The van der Waals surface area contributed by atoms with E-state index in [1.807, 2.05) is 32.0 Å². The third kappa shape index (κ3) is 3.94. The molecule has 0 saturated carbocycles. The van der Waals surface area contributed by atoms with Gasteiger partial charge in [0.05, 0.1) is 0 Å². The summed E-state index contributed by atoms with van der Waals surface area (Å²) in [5, 5.41) is 13.0. The number of rotatable bonds is 4. The molecule has 1 atom stereocenters. The van der Waals surface area contributed by atoms with Crippen molar-refractivity contribution in [3.63, 3.8) is 0 Å². The summed E-state index contributed by atoms with van der Waals surface area (Å²) >= 11 is 1.22. The zero-order chi connectivity index (χ0) is 16.1. The van der Waals surface area contributed by atoms with Gasteiger partial charge in [-0.05, 0) is 38.0 Å². The van der Waals surface area contributed by atoms with Crippen molar-refractivity contribution >= 4 is 40.6 Å². The summed E-state index contributed by atoms with van der Waals surface area (Å²) in [5.41, 5.74) is 2.91. The molecule has 2 N–H and O–H groups in total. The molecule has 6 nitrogen and oxygen atoms in total. The SMILES string of the molecule is CC=N/N=C1\NC(=O)C(CC(=O)Nc2cccc(C)c2C)S1. The van der Waals surface area contributed by atoms with Gasteiger partial charge in [-0.25, -0.2) is 0 Å². The zero-order valence-electron chi connectivity index (χ0n) is 12.7. The monoisotopic (exact) mass is 318 g/mol. The molecular formula is C15H18N4O2S. The molecule has 1 unspecified atom stereocenters. The Labute approximate surface area is 133 Å². The lowest BCUT2D eigenvalue weighted by molar-refractivity contribution is -0.122. The molecule has 1 aromatic carbocycles. The molecule has 0 aromatic heterocycles. The minimum Gasteiger partial charge on any atom is -0.326 e. The van der Waals surface area contributed by atoms with Crippen molar-refractivity contribution in [2.45, 2.75) is 32.4 Å². The highest BCUT2D eigenvalue weighted by Crippen LogP contribution is 2.24. The molecule has 2 rings (SSSR count). The second-order valence-corrected chi connectivity index (χ2v) is 6.07. The van der Waals surface area contributed by atoms with Gasteiger partial charge < -0.3 is 10.6 Å². The lowest BCUT2D eigenvalue weighted by Gasteiger charge is -2.11. The molecule has 0 radical (unpaired) electrons. The average molecular weight is 318 g/mol. The number of carbonyl (C=O) groups is 2. The van der Waals surface area contributed by atoms with E-state index >= 15 is 0 Å². The smallest absolute Gasteiger partial charge is 0.240 e. The minimum absolute atomic E-state index is 0.0960. The van der Waals surface area contributed by atoms with Crippen LogP contribution < -0.4 is 10.6 Å². The molecule has 22 heavy (non-hydrogen) atoms. The van der Waals surface area contributed by atoms with Crippen LogP contribution in [0.3, 0.4) is 0 Å². The average Bonchev–Trinajstić information content (AvgIpc) is 2.82. The number of amides is 2.